The molecule has 0 aliphatic carbocycles. The van der Waals surface area contributed by atoms with E-state index in [2.05, 4.69) is 36.0 Å². The van der Waals surface area contributed by atoms with Gasteiger partial charge >= 0.3 is 6.03 Å². The number of halogens is 1. The summed E-state index contributed by atoms with van der Waals surface area (Å²) in [5.74, 6) is 1.70. The van der Waals surface area contributed by atoms with Crippen LogP contribution in [0.15, 0.2) is 53.3 Å². The minimum absolute atomic E-state index is 0.00829. The Morgan fingerprint density at radius 2 is 2.07 bits per heavy atom. The Morgan fingerprint density at radius 1 is 1.20 bits per heavy atom. The van der Waals surface area contributed by atoms with Crippen molar-refractivity contribution in [3.63, 3.8) is 0 Å². The Kier molecular flexibility index (Phi) is 4.68. The molecule has 11 heteroatoms. The maximum absolute atomic E-state index is 12.4. The molecule has 1 atom stereocenters. The quantitative estimate of drug-likeness (QED) is 0.517. The normalized spacial score (nSPS) is 16.2. The second kappa shape index (κ2) is 7.64. The molecule has 5 rings (SSSR count). The molecular formula is C19H17ClN8O2. The number of hydrogen-bond donors (Lipinski definition) is 2. The number of rotatable bonds is 4. The maximum atomic E-state index is 12.4. The summed E-state index contributed by atoms with van der Waals surface area (Å²) in [5.41, 5.74) is 1.52. The Bertz CT molecular complexity index is 1190. The Morgan fingerprint density at radius 3 is 2.93 bits per heavy atom. The first-order valence-electron chi connectivity index (χ1n) is 9.36. The Balaban J connectivity index is 1.18. The highest BCUT2D eigenvalue weighted by atomic mass is 35.5. The van der Waals surface area contributed by atoms with Gasteiger partial charge in [-0.25, -0.2) is 4.79 Å². The van der Waals surface area contributed by atoms with Gasteiger partial charge in [-0.15, -0.1) is 15.3 Å². The summed E-state index contributed by atoms with van der Waals surface area (Å²) in [6.45, 7) is 1.44. The van der Waals surface area contributed by atoms with Gasteiger partial charge in [0.05, 0.1) is 0 Å². The number of benzene rings is 1. The predicted molar refractivity (Wildman–Crippen MR) is 111 cm³/mol. The second-order valence-electron chi connectivity index (χ2n) is 6.94. The van der Waals surface area contributed by atoms with E-state index in [-0.39, 0.29) is 12.1 Å². The van der Waals surface area contributed by atoms with E-state index in [1.165, 1.54) is 0 Å². The van der Waals surface area contributed by atoms with Crippen LogP contribution in [0.25, 0.3) is 17.0 Å². The smallest absolute Gasteiger partial charge is 0.320 e. The van der Waals surface area contributed by atoms with Gasteiger partial charge in [-0.05, 0) is 42.8 Å². The van der Waals surface area contributed by atoms with Crippen LogP contribution in [0.1, 0.15) is 6.42 Å². The highest BCUT2D eigenvalue weighted by Gasteiger charge is 2.25. The number of amides is 2. The maximum Gasteiger partial charge on any atom is 0.320 e. The van der Waals surface area contributed by atoms with Crippen molar-refractivity contribution in [1.29, 1.82) is 0 Å². The van der Waals surface area contributed by atoms with Gasteiger partial charge in [0.25, 0.3) is 0 Å². The van der Waals surface area contributed by atoms with Gasteiger partial charge in [0.15, 0.2) is 17.2 Å². The predicted octanol–water partition coefficient (Wildman–Crippen LogP) is 2.83. The fourth-order valence-electron chi connectivity index (χ4n) is 3.40. The van der Waals surface area contributed by atoms with Crippen molar-refractivity contribution in [2.24, 2.45) is 0 Å². The van der Waals surface area contributed by atoms with Crippen LogP contribution >= 0.6 is 11.6 Å². The lowest BCUT2D eigenvalue weighted by atomic mass is 10.2. The molecule has 1 fully saturated rings. The van der Waals surface area contributed by atoms with E-state index >= 15 is 0 Å². The molecule has 1 aromatic carbocycles. The monoisotopic (exact) mass is 424 g/mol. The first-order chi connectivity index (χ1) is 14.6. The summed E-state index contributed by atoms with van der Waals surface area (Å²) in [6, 6.07) is 12.3. The van der Waals surface area contributed by atoms with E-state index in [0.717, 1.165) is 24.3 Å². The molecule has 1 unspecified atom stereocenters. The lowest BCUT2D eigenvalue weighted by molar-refractivity contribution is 0.249. The third kappa shape index (κ3) is 3.77. The van der Waals surface area contributed by atoms with Crippen LogP contribution < -0.4 is 15.5 Å². The van der Waals surface area contributed by atoms with Gasteiger partial charge in [0, 0.05) is 35.8 Å². The van der Waals surface area contributed by atoms with E-state index in [4.69, 9.17) is 16.1 Å². The fraction of sp³-hybridized carbons (Fsp3) is 0.211. The summed E-state index contributed by atoms with van der Waals surface area (Å²) in [4.78, 5) is 14.5. The summed E-state index contributed by atoms with van der Waals surface area (Å²) >= 11 is 5.90. The first kappa shape index (κ1) is 18.4. The molecule has 0 saturated carbocycles. The summed E-state index contributed by atoms with van der Waals surface area (Å²) < 4.78 is 6.93. The number of carbonyl (C=O) groups is 1. The van der Waals surface area contributed by atoms with Crippen LogP contribution in [0.3, 0.4) is 0 Å². The molecule has 0 bridgehead atoms. The lowest BCUT2D eigenvalue weighted by Crippen LogP contribution is -2.39. The summed E-state index contributed by atoms with van der Waals surface area (Å²) in [5, 5.41) is 22.5. The van der Waals surface area contributed by atoms with Crippen molar-refractivity contribution < 1.29 is 9.32 Å². The number of urea groups is 1. The average molecular weight is 425 g/mol. The van der Waals surface area contributed by atoms with Crippen molar-refractivity contribution in [3.8, 4) is 11.3 Å². The number of aromatic nitrogens is 5. The van der Waals surface area contributed by atoms with Crippen molar-refractivity contribution in [3.05, 3.63) is 53.8 Å². The highest BCUT2D eigenvalue weighted by Crippen LogP contribution is 2.24. The van der Waals surface area contributed by atoms with Crippen LogP contribution in [0, 0.1) is 0 Å². The molecule has 1 saturated heterocycles. The molecule has 4 aromatic rings. The van der Waals surface area contributed by atoms with Gasteiger partial charge < -0.3 is 14.7 Å². The molecule has 30 heavy (non-hydrogen) atoms. The minimum Gasteiger partial charge on any atom is -0.354 e. The van der Waals surface area contributed by atoms with E-state index in [1.54, 1.807) is 29.0 Å². The van der Waals surface area contributed by atoms with Crippen LogP contribution in [0.5, 0.6) is 0 Å². The third-order valence-corrected chi connectivity index (χ3v) is 5.13. The van der Waals surface area contributed by atoms with Gasteiger partial charge in [0.1, 0.15) is 12.1 Å². The van der Waals surface area contributed by atoms with Crippen LogP contribution in [-0.4, -0.2) is 50.1 Å². The van der Waals surface area contributed by atoms with Crippen molar-refractivity contribution in [1.82, 2.24) is 30.3 Å². The van der Waals surface area contributed by atoms with E-state index in [0.29, 0.717) is 28.8 Å². The topological polar surface area (TPSA) is 113 Å². The molecule has 4 heterocycles. The Labute approximate surface area is 175 Å². The highest BCUT2D eigenvalue weighted by molar-refractivity contribution is 6.30. The number of nitrogens with one attached hydrogen (secondary N) is 2. The molecule has 0 radical (unpaired) electrons. The fourth-order valence-corrected chi connectivity index (χ4v) is 3.52. The van der Waals surface area contributed by atoms with Crippen molar-refractivity contribution in [2.45, 2.75) is 12.5 Å². The van der Waals surface area contributed by atoms with Crippen LogP contribution in [-0.2, 0) is 0 Å². The SMILES string of the molecule is O=C(Nc1cc(-c2ccc(Cl)cc2)on1)NC1CCN(c2ccc3nncn3n2)C1. The zero-order valence-corrected chi connectivity index (χ0v) is 16.5. The van der Waals surface area contributed by atoms with Gasteiger partial charge in [-0.1, -0.05) is 16.8 Å². The van der Waals surface area contributed by atoms with E-state index in [9.17, 15) is 4.79 Å². The second-order valence-corrected chi connectivity index (χ2v) is 7.38. The standard InChI is InChI=1S/C19H17ClN8O2/c20-13-3-1-12(2-4-13)15-9-16(26-30-15)23-19(29)22-14-7-8-27(10-14)18-6-5-17-24-21-11-28(17)25-18/h1-6,9,11,14H,7-8,10H2,(H2,22,23,26,29). The van der Waals surface area contributed by atoms with E-state index < -0.39 is 0 Å². The molecule has 2 N–H and O–H groups in total. The molecule has 2 amide bonds. The molecule has 1 aliphatic rings. The lowest BCUT2D eigenvalue weighted by Gasteiger charge is -2.17. The van der Waals surface area contributed by atoms with Gasteiger partial charge in [-0.2, -0.15) is 4.52 Å². The minimum atomic E-state index is -0.333. The van der Waals surface area contributed by atoms with Crippen LogP contribution in [0.4, 0.5) is 16.4 Å². The molecular weight excluding hydrogens is 408 g/mol. The molecule has 1 aliphatic heterocycles. The number of anilines is 2. The van der Waals surface area contributed by atoms with Crippen LogP contribution in [0.2, 0.25) is 5.02 Å². The Hall–Kier alpha value is -3.66. The van der Waals surface area contributed by atoms with E-state index in [1.807, 2.05) is 24.3 Å². The molecule has 10 nitrogen and oxygen atoms in total. The summed E-state index contributed by atoms with van der Waals surface area (Å²) in [7, 11) is 0. The largest absolute Gasteiger partial charge is 0.354 e. The average Bonchev–Trinajstić information content (AvgIpc) is 3.48. The molecule has 3 aromatic heterocycles. The number of nitrogens with zero attached hydrogens (tertiary/aromatic N) is 6. The summed E-state index contributed by atoms with van der Waals surface area (Å²) in [6.07, 6.45) is 2.37. The molecule has 0 spiro atoms. The zero-order valence-electron chi connectivity index (χ0n) is 15.7. The van der Waals surface area contributed by atoms with Crippen molar-refractivity contribution >= 4 is 34.9 Å². The number of carbonyl (C=O) groups excluding carboxylic acids is 1. The third-order valence-electron chi connectivity index (χ3n) is 4.88. The van der Waals surface area contributed by atoms with Gasteiger partial charge in [0.2, 0.25) is 0 Å². The first-order valence-corrected chi connectivity index (χ1v) is 9.74. The van der Waals surface area contributed by atoms with Crippen molar-refractivity contribution in [2.75, 3.05) is 23.3 Å². The van der Waals surface area contributed by atoms with Gasteiger partial charge in [-0.3, -0.25) is 5.32 Å². The number of hydrogen-bond acceptors (Lipinski definition) is 7. The molecule has 152 valence electrons. The number of fused-ring (bicyclic) bond motifs is 1. The zero-order chi connectivity index (χ0) is 20.5.